The van der Waals surface area contributed by atoms with Gasteiger partial charge in [0.15, 0.2) is 0 Å². The zero-order valence-electron chi connectivity index (χ0n) is 10.1. The number of hydrogen-bond donors (Lipinski definition) is 1. The summed E-state index contributed by atoms with van der Waals surface area (Å²) in [5, 5.41) is 9.47. The molecular formula is C11H17F2N3O2. The van der Waals surface area contributed by atoms with Gasteiger partial charge in [-0.05, 0) is 19.3 Å². The highest BCUT2D eigenvalue weighted by molar-refractivity contribution is 5.16. The molecule has 0 bridgehead atoms. The molecule has 0 radical (unpaired) electrons. The maximum Gasteiger partial charge on any atom is 0.315 e. The minimum absolute atomic E-state index is 0.0335. The summed E-state index contributed by atoms with van der Waals surface area (Å²) < 4.78 is 34.7. The topological polar surface area (TPSA) is 60.2 Å². The van der Waals surface area contributed by atoms with Crippen LogP contribution < -0.4 is 5.32 Å². The van der Waals surface area contributed by atoms with Crippen molar-refractivity contribution in [2.24, 2.45) is 0 Å². The quantitative estimate of drug-likeness (QED) is 0.765. The number of rotatable bonds is 7. The van der Waals surface area contributed by atoms with Gasteiger partial charge in [0.25, 0.3) is 5.89 Å². The third-order valence-corrected chi connectivity index (χ3v) is 2.88. The van der Waals surface area contributed by atoms with Crippen LogP contribution >= 0.6 is 0 Å². The first kappa shape index (κ1) is 13.2. The van der Waals surface area contributed by atoms with Crippen molar-refractivity contribution < 1.29 is 17.9 Å². The van der Waals surface area contributed by atoms with Gasteiger partial charge in [-0.15, -0.1) is 5.10 Å². The lowest BCUT2D eigenvalue weighted by molar-refractivity contribution is 0.0582. The highest BCUT2D eigenvalue weighted by Crippen LogP contribution is 2.21. The van der Waals surface area contributed by atoms with Gasteiger partial charge in [0.2, 0.25) is 0 Å². The molecule has 0 atom stereocenters. The fourth-order valence-corrected chi connectivity index (χ4v) is 1.97. The van der Waals surface area contributed by atoms with Crippen LogP contribution in [0.15, 0.2) is 4.42 Å². The van der Waals surface area contributed by atoms with Crippen molar-refractivity contribution in [1.82, 2.24) is 10.2 Å². The smallest absolute Gasteiger partial charge is 0.315 e. The van der Waals surface area contributed by atoms with Crippen molar-refractivity contribution in [2.75, 3.05) is 18.5 Å². The Morgan fingerprint density at radius 1 is 1.33 bits per heavy atom. The predicted molar refractivity (Wildman–Crippen MR) is 60.6 cm³/mol. The van der Waals surface area contributed by atoms with Crippen LogP contribution in [0, 0.1) is 0 Å². The third kappa shape index (κ3) is 3.90. The SMILES string of the molecule is FC(F)c1nnc(NCCCOC2CCCC2)o1. The highest BCUT2D eigenvalue weighted by Gasteiger charge is 2.16. The lowest BCUT2D eigenvalue weighted by atomic mass is 10.3. The number of hydrogen-bond acceptors (Lipinski definition) is 5. The number of alkyl halides is 2. The summed E-state index contributed by atoms with van der Waals surface area (Å²) in [6.07, 6.45) is 3.26. The zero-order chi connectivity index (χ0) is 12.8. The monoisotopic (exact) mass is 261 g/mol. The first-order valence-electron chi connectivity index (χ1n) is 6.23. The number of nitrogens with zero attached hydrogens (tertiary/aromatic N) is 2. The second-order valence-corrected chi connectivity index (χ2v) is 4.30. The third-order valence-electron chi connectivity index (χ3n) is 2.88. The summed E-state index contributed by atoms with van der Waals surface area (Å²) in [6, 6.07) is 0.0335. The van der Waals surface area contributed by atoms with E-state index in [4.69, 9.17) is 9.15 Å². The Balaban J connectivity index is 1.56. The van der Waals surface area contributed by atoms with Gasteiger partial charge in [-0.1, -0.05) is 17.9 Å². The Kier molecular flexibility index (Phi) is 4.86. The van der Waals surface area contributed by atoms with E-state index in [9.17, 15) is 8.78 Å². The maximum absolute atomic E-state index is 12.2. The van der Waals surface area contributed by atoms with Gasteiger partial charge < -0.3 is 14.5 Å². The van der Waals surface area contributed by atoms with Crippen LogP contribution in [0.3, 0.4) is 0 Å². The number of ether oxygens (including phenoxy) is 1. The van der Waals surface area contributed by atoms with Crippen LogP contribution in [0.5, 0.6) is 0 Å². The normalized spacial score (nSPS) is 16.6. The van der Waals surface area contributed by atoms with E-state index < -0.39 is 12.3 Å². The second kappa shape index (κ2) is 6.63. The molecule has 1 N–H and O–H groups in total. The van der Waals surface area contributed by atoms with Crippen LogP contribution in [-0.4, -0.2) is 29.5 Å². The van der Waals surface area contributed by atoms with Gasteiger partial charge in [-0.25, -0.2) is 0 Å². The predicted octanol–water partition coefficient (Wildman–Crippen LogP) is 2.77. The molecule has 1 heterocycles. The molecule has 5 nitrogen and oxygen atoms in total. The number of halogens is 2. The van der Waals surface area contributed by atoms with Crippen molar-refractivity contribution in [3.8, 4) is 0 Å². The molecule has 18 heavy (non-hydrogen) atoms. The summed E-state index contributed by atoms with van der Waals surface area (Å²) in [6.45, 7) is 1.23. The van der Waals surface area contributed by atoms with E-state index in [1.165, 1.54) is 12.8 Å². The minimum Gasteiger partial charge on any atom is -0.402 e. The Hall–Kier alpha value is -1.24. The van der Waals surface area contributed by atoms with E-state index in [-0.39, 0.29) is 6.01 Å². The average Bonchev–Trinajstić information content (AvgIpc) is 2.98. The van der Waals surface area contributed by atoms with Crippen molar-refractivity contribution >= 4 is 6.01 Å². The molecule has 0 aliphatic heterocycles. The molecular weight excluding hydrogens is 244 g/mol. The number of aromatic nitrogens is 2. The minimum atomic E-state index is -2.72. The average molecular weight is 261 g/mol. The van der Waals surface area contributed by atoms with E-state index in [1.54, 1.807) is 0 Å². The van der Waals surface area contributed by atoms with Gasteiger partial charge in [0, 0.05) is 13.2 Å². The number of anilines is 1. The molecule has 1 aromatic heterocycles. The molecule has 1 fully saturated rings. The van der Waals surface area contributed by atoms with E-state index in [0.717, 1.165) is 19.3 Å². The molecule has 7 heteroatoms. The molecule has 1 saturated carbocycles. The Labute approximate surface area is 104 Å². The van der Waals surface area contributed by atoms with Gasteiger partial charge >= 0.3 is 12.4 Å². The summed E-state index contributed by atoms with van der Waals surface area (Å²) in [5.74, 6) is -0.653. The maximum atomic E-state index is 12.2. The molecule has 0 unspecified atom stereocenters. The Morgan fingerprint density at radius 2 is 2.11 bits per heavy atom. The first-order valence-corrected chi connectivity index (χ1v) is 6.23. The fraction of sp³-hybridized carbons (Fsp3) is 0.818. The molecule has 102 valence electrons. The molecule has 0 aromatic carbocycles. The molecule has 0 spiro atoms. The van der Waals surface area contributed by atoms with E-state index in [2.05, 4.69) is 15.5 Å². The van der Waals surface area contributed by atoms with Crippen molar-refractivity contribution in [2.45, 2.75) is 44.6 Å². The Morgan fingerprint density at radius 3 is 2.78 bits per heavy atom. The van der Waals surface area contributed by atoms with Gasteiger partial charge in [-0.3, -0.25) is 0 Å². The molecule has 1 aliphatic carbocycles. The lowest BCUT2D eigenvalue weighted by Gasteiger charge is -2.10. The van der Waals surface area contributed by atoms with Crippen LogP contribution in [0.4, 0.5) is 14.8 Å². The lowest BCUT2D eigenvalue weighted by Crippen LogP contribution is -2.11. The van der Waals surface area contributed by atoms with Gasteiger partial charge in [-0.2, -0.15) is 8.78 Å². The summed E-state index contributed by atoms with van der Waals surface area (Å²) in [4.78, 5) is 0. The van der Waals surface area contributed by atoms with Gasteiger partial charge in [0.05, 0.1) is 6.10 Å². The molecule has 0 saturated heterocycles. The van der Waals surface area contributed by atoms with E-state index in [0.29, 0.717) is 19.3 Å². The van der Waals surface area contributed by atoms with Crippen LogP contribution in [0.25, 0.3) is 0 Å². The summed E-state index contributed by atoms with van der Waals surface area (Å²) in [7, 11) is 0. The molecule has 1 aromatic rings. The van der Waals surface area contributed by atoms with Crippen LogP contribution in [0.2, 0.25) is 0 Å². The van der Waals surface area contributed by atoms with Crippen LogP contribution in [-0.2, 0) is 4.74 Å². The summed E-state index contributed by atoms with van der Waals surface area (Å²) >= 11 is 0. The van der Waals surface area contributed by atoms with Crippen LogP contribution in [0.1, 0.15) is 44.4 Å². The largest absolute Gasteiger partial charge is 0.402 e. The molecule has 2 rings (SSSR count). The van der Waals surface area contributed by atoms with Crippen molar-refractivity contribution in [3.63, 3.8) is 0 Å². The summed E-state index contributed by atoms with van der Waals surface area (Å²) in [5.41, 5.74) is 0. The van der Waals surface area contributed by atoms with Gasteiger partial charge in [0.1, 0.15) is 0 Å². The highest BCUT2D eigenvalue weighted by atomic mass is 19.3. The van der Waals surface area contributed by atoms with E-state index in [1.807, 2.05) is 0 Å². The fourth-order valence-electron chi connectivity index (χ4n) is 1.97. The van der Waals surface area contributed by atoms with E-state index >= 15 is 0 Å². The zero-order valence-corrected chi connectivity index (χ0v) is 10.1. The first-order chi connectivity index (χ1) is 8.75. The number of nitrogens with one attached hydrogen (secondary N) is 1. The standard InChI is InChI=1S/C11H17F2N3O2/c12-9(13)10-15-16-11(18-10)14-6-3-7-17-8-4-1-2-5-8/h8-9H,1-7H2,(H,14,16). The van der Waals surface area contributed by atoms with Crippen molar-refractivity contribution in [3.05, 3.63) is 5.89 Å². The van der Waals surface area contributed by atoms with Crippen molar-refractivity contribution in [1.29, 1.82) is 0 Å². The second-order valence-electron chi connectivity index (χ2n) is 4.30. The molecule has 1 aliphatic rings. The Bertz CT molecular complexity index is 354. The molecule has 0 amide bonds.